The summed E-state index contributed by atoms with van der Waals surface area (Å²) in [6.07, 6.45) is 4.00. The van der Waals surface area contributed by atoms with Crippen molar-refractivity contribution in [2.75, 3.05) is 7.11 Å². The Balaban J connectivity index is 1.95. The van der Waals surface area contributed by atoms with Crippen molar-refractivity contribution in [3.8, 4) is 6.07 Å². The highest BCUT2D eigenvalue weighted by atomic mass is 16.5. The van der Waals surface area contributed by atoms with Gasteiger partial charge in [0.05, 0.1) is 25.0 Å². The van der Waals surface area contributed by atoms with Crippen LogP contribution in [0.5, 0.6) is 0 Å². The molecule has 2 saturated carbocycles. The molecule has 1 N–H and O–H groups in total. The Morgan fingerprint density at radius 2 is 2.16 bits per heavy atom. The van der Waals surface area contributed by atoms with Crippen LogP contribution in [0.15, 0.2) is 0 Å². The van der Waals surface area contributed by atoms with E-state index in [2.05, 4.69) is 23.0 Å². The molecule has 2 aliphatic carbocycles. The number of ether oxygens (including phenoxy) is 1. The number of methoxy groups -OCH3 is 1. The number of amides is 1. The highest BCUT2D eigenvalue weighted by Crippen LogP contribution is 2.41. The first kappa shape index (κ1) is 13.9. The van der Waals surface area contributed by atoms with Gasteiger partial charge in [0.25, 0.3) is 0 Å². The van der Waals surface area contributed by atoms with Gasteiger partial charge in [0.1, 0.15) is 5.54 Å². The van der Waals surface area contributed by atoms with Crippen LogP contribution in [0.2, 0.25) is 0 Å². The lowest BCUT2D eigenvalue weighted by Gasteiger charge is -2.35. The van der Waals surface area contributed by atoms with E-state index in [0.29, 0.717) is 25.2 Å². The van der Waals surface area contributed by atoms with Crippen molar-refractivity contribution in [3.63, 3.8) is 0 Å². The number of nitrogens with one attached hydrogen (secondary N) is 1. The van der Waals surface area contributed by atoms with Crippen molar-refractivity contribution in [1.82, 2.24) is 5.32 Å². The van der Waals surface area contributed by atoms with E-state index in [-0.39, 0.29) is 23.7 Å². The van der Waals surface area contributed by atoms with Crippen molar-refractivity contribution < 1.29 is 14.3 Å². The Bertz CT molecular complexity index is 429. The normalized spacial score (nSPS) is 37.0. The Morgan fingerprint density at radius 3 is 2.74 bits per heavy atom. The molecule has 2 fully saturated rings. The summed E-state index contributed by atoms with van der Waals surface area (Å²) in [4.78, 5) is 23.4. The molecule has 0 bridgehead atoms. The zero-order chi connectivity index (χ0) is 14.0. The maximum atomic E-state index is 12.1. The van der Waals surface area contributed by atoms with Gasteiger partial charge in [-0.3, -0.25) is 9.59 Å². The first-order chi connectivity index (χ1) is 9.01. The van der Waals surface area contributed by atoms with Crippen LogP contribution in [-0.2, 0) is 14.3 Å². The molecule has 0 saturated heterocycles. The average molecular weight is 264 g/mol. The summed E-state index contributed by atoms with van der Waals surface area (Å²) >= 11 is 0. The topological polar surface area (TPSA) is 79.2 Å². The molecule has 104 valence electrons. The predicted molar refractivity (Wildman–Crippen MR) is 67.7 cm³/mol. The molecule has 0 aliphatic heterocycles. The van der Waals surface area contributed by atoms with Gasteiger partial charge in [-0.15, -0.1) is 0 Å². The van der Waals surface area contributed by atoms with Gasteiger partial charge in [-0.25, -0.2) is 0 Å². The third-order valence-electron chi connectivity index (χ3n) is 4.21. The molecule has 0 aromatic heterocycles. The van der Waals surface area contributed by atoms with Gasteiger partial charge in [-0.2, -0.15) is 5.26 Å². The third kappa shape index (κ3) is 2.89. The van der Waals surface area contributed by atoms with Crippen LogP contribution in [-0.4, -0.2) is 24.5 Å². The van der Waals surface area contributed by atoms with Crippen LogP contribution in [0, 0.1) is 29.1 Å². The van der Waals surface area contributed by atoms with E-state index in [1.807, 2.05) is 0 Å². The molecule has 5 heteroatoms. The predicted octanol–water partition coefficient (Wildman–Crippen LogP) is 1.38. The number of rotatable bonds is 3. The quantitative estimate of drug-likeness (QED) is 0.781. The van der Waals surface area contributed by atoms with Gasteiger partial charge in [-0.05, 0) is 31.6 Å². The fraction of sp³-hybridized carbons (Fsp3) is 0.786. The number of nitrogens with zero attached hydrogens (tertiary/aromatic N) is 1. The Hall–Kier alpha value is -1.57. The molecule has 0 spiro atoms. The lowest BCUT2D eigenvalue weighted by molar-refractivity contribution is -0.143. The Morgan fingerprint density at radius 1 is 1.42 bits per heavy atom. The first-order valence-corrected chi connectivity index (χ1v) is 6.82. The minimum Gasteiger partial charge on any atom is -0.469 e. The van der Waals surface area contributed by atoms with Crippen molar-refractivity contribution in [2.24, 2.45) is 17.8 Å². The van der Waals surface area contributed by atoms with E-state index in [0.717, 1.165) is 12.8 Å². The summed E-state index contributed by atoms with van der Waals surface area (Å²) in [7, 11) is 1.33. The largest absolute Gasteiger partial charge is 0.469 e. The smallest absolute Gasteiger partial charge is 0.309 e. The SMILES string of the molecule is COC(=O)[C@@H]1C[C@@H]1C(=O)N[C@@]1(C#N)CCC[C@H](C)C1. The molecule has 0 heterocycles. The summed E-state index contributed by atoms with van der Waals surface area (Å²) in [6.45, 7) is 2.10. The molecule has 2 rings (SSSR count). The molecule has 0 aromatic carbocycles. The zero-order valence-electron chi connectivity index (χ0n) is 11.4. The number of hydrogen-bond donors (Lipinski definition) is 1. The molecule has 1 amide bonds. The van der Waals surface area contributed by atoms with Crippen LogP contribution in [0.3, 0.4) is 0 Å². The van der Waals surface area contributed by atoms with E-state index in [4.69, 9.17) is 0 Å². The van der Waals surface area contributed by atoms with Gasteiger partial charge < -0.3 is 10.1 Å². The van der Waals surface area contributed by atoms with Gasteiger partial charge in [0.2, 0.25) is 5.91 Å². The Labute approximate surface area is 113 Å². The van der Waals surface area contributed by atoms with Crippen LogP contribution in [0.1, 0.15) is 39.0 Å². The number of carbonyl (C=O) groups is 2. The van der Waals surface area contributed by atoms with Crippen LogP contribution in [0.25, 0.3) is 0 Å². The molecule has 0 unspecified atom stereocenters. The molecule has 19 heavy (non-hydrogen) atoms. The summed E-state index contributed by atoms with van der Waals surface area (Å²) in [5, 5.41) is 12.3. The van der Waals surface area contributed by atoms with E-state index >= 15 is 0 Å². The summed E-state index contributed by atoms with van der Waals surface area (Å²) in [5.41, 5.74) is -0.738. The fourth-order valence-electron chi connectivity index (χ4n) is 3.02. The second kappa shape index (κ2) is 5.20. The van der Waals surface area contributed by atoms with Crippen LogP contribution < -0.4 is 5.32 Å². The molecular formula is C14H20N2O3. The van der Waals surface area contributed by atoms with Gasteiger partial charge in [0.15, 0.2) is 0 Å². The van der Waals surface area contributed by atoms with E-state index in [1.54, 1.807) is 0 Å². The third-order valence-corrected chi connectivity index (χ3v) is 4.21. The molecule has 5 nitrogen and oxygen atoms in total. The minimum atomic E-state index is -0.738. The molecule has 2 aliphatic rings. The summed E-state index contributed by atoms with van der Waals surface area (Å²) in [5.74, 6) is -0.685. The highest BCUT2D eigenvalue weighted by molar-refractivity contribution is 5.90. The first-order valence-electron chi connectivity index (χ1n) is 6.82. The monoisotopic (exact) mass is 264 g/mol. The number of esters is 1. The van der Waals surface area contributed by atoms with Gasteiger partial charge >= 0.3 is 5.97 Å². The molecule has 4 atom stereocenters. The summed E-state index contributed by atoms with van der Waals surface area (Å²) in [6, 6.07) is 2.27. The second-order valence-corrected chi connectivity index (χ2v) is 5.86. The van der Waals surface area contributed by atoms with Crippen LogP contribution in [0.4, 0.5) is 0 Å². The fourth-order valence-corrected chi connectivity index (χ4v) is 3.02. The number of nitriles is 1. The maximum absolute atomic E-state index is 12.1. The number of hydrogen-bond acceptors (Lipinski definition) is 4. The van der Waals surface area contributed by atoms with Crippen molar-refractivity contribution in [3.05, 3.63) is 0 Å². The zero-order valence-corrected chi connectivity index (χ0v) is 11.4. The Kier molecular flexibility index (Phi) is 3.79. The van der Waals surface area contributed by atoms with Crippen LogP contribution >= 0.6 is 0 Å². The van der Waals surface area contributed by atoms with Gasteiger partial charge in [0, 0.05) is 0 Å². The van der Waals surface area contributed by atoms with Gasteiger partial charge in [-0.1, -0.05) is 13.3 Å². The number of carbonyl (C=O) groups excluding carboxylic acids is 2. The molecule has 0 aromatic rings. The van der Waals surface area contributed by atoms with E-state index in [9.17, 15) is 14.9 Å². The van der Waals surface area contributed by atoms with Crippen molar-refractivity contribution in [2.45, 2.75) is 44.6 Å². The molecular weight excluding hydrogens is 244 g/mol. The molecule has 0 radical (unpaired) electrons. The summed E-state index contributed by atoms with van der Waals surface area (Å²) < 4.78 is 4.63. The standard InChI is InChI=1S/C14H20N2O3/c1-9-4-3-5-14(7-9,8-15)16-12(17)10-6-11(10)13(18)19-2/h9-11H,3-7H2,1-2H3,(H,16,17)/t9-,10-,11+,14-/m0/s1. The van der Waals surface area contributed by atoms with E-state index in [1.165, 1.54) is 7.11 Å². The lowest BCUT2D eigenvalue weighted by atomic mass is 9.77. The van der Waals surface area contributed by atoms with Crippen molar-refractivity contribution >= 4 is 11.9 Å². The van der Waals surface area contributed by atoms with Crippen molar-refractivity contribution in [1.29, 1.82) is 5.26 Å². The highest BCUT2D eigenvalue weighted by Gasteiger charge is 2.51. The lowest BCUT2D eigenvalue weighted by Crippen LogP contribution is -2.50. The second-order valence-electron chi connectivity index (χ2n) is 5.86. The maximum Gasteiger partial charge on any atom is 0.309 e. The van der Waals surface area contributed by atoms with E-state index < -0.39 is 5.54 Å². The average Bonchev–Trinajstić information content (AvgIpc) is 3.18. The minimum absolute atomic E-state index is 0.175.